The van der Waals surface area contributed by atoms with Crippen molar-refractivity contribution in [1.82, 2.24) is 9.30 Å². The normalized spacial score (nSPS) is 15.8. The molecule has 0 radical (unpaired) electrons. The zero-order valence-corrected chi connectivity index (χ0v) is 15.3. The number of likely N-dealkylation sites (tertiary alicyclic amines) is 1. The van der Waals surface area contributed by atoms with Crippen LogP contribution in [0.1, 0.15) is 40.2 Å². The van der Waals surface area contributed by atoms with Crippen LogP contribution in [-0.2, 0) is 6.54 Å². The molecule has 0 spiro atoms. The number of aromatic carboxylic acids is 1. The monoisotopic (exact) mass is 380 g/mol. The number of carbonyl (C=O) groups is 1. The number of carboxylic acids is 1. The van der Waals surface area contributed by atoms with Crippen LogP contribution in [0.3, 0.4) is 0 Å². The van der Waals surface area contributed by atoms with Gasteiger partial charge in [-0.05, 0) is 67.2 Å². The molecule has 28 heavy (non-hydrogen) atoms. The first-order valence-electron chi connectivity index (χ1n) is 9.38. The van der Waals surface area contributed by atoms with E-state index in [0.717, 1.165) is 37.1 Å². The van der Waals surface area contributed by atoms with Gasteiger partial charge < -0.3 is 5.11 Å². The number of pyridine rings is 2. The topological polar surface area (TPSA) is 62.0 Å². The van der Waals surface area contributed by atoms with Gasteiger partial charge in [-0.15, -0.1) is 0 Å². The van der Waals surface area contributed by atoms with Gasteiger partial charge in [-0.1, -0.05) is 24.3 Å². The number of rotatable bonds is 4. The molecule has 0 saturated carbocycles. The van der Waals surface area contributed by atoms with Crippen LogP contribution in [0.15, 0.2) is 59.5 Å². The second kappa shape index (κ2) is 7.56. The molecule has 1 N–H and O–H groups in total. The van der Waals surface area contributed by atoms with Crippen molar-refractivity contribution in [2.75, 3.05) is 13.1 Å². The lowest BCUT2D eigenvalue weighted by Crippen LogP contribution is -2.33. The number of aromatic nitrogens is 1. The molecule has 1 aliphatic heterocycles. The highest BCUT2D eigenvalue weighted by Gasteiger charge is 2.24. The summed E-state index contributed by atoms with van der Waals surface area (Å²) in [5.74, 6) is -1.18. The summed E-state index contributed by atoms with van der Waals surface area (Å²) in [7, 11) is 0. The minimum absolute atomic E-state index is 0.152. The van der Waals surface area contributed by atoms with E-state index in [0.29, 0.717) is 12.1 Å². The second-order valence-corrected chi connectivity index (χ2v) is 7.22. The van der Waals surface area contributed by atoms with Gasteiger partial charge >= 0.3 is 5.97 Å². The van der Waals surface area contributed by atoms with Crippen LogP contribution in [0.4, 0.5) is 4.39 Å². The van der Waals surface area contributed by atoms with Gasteiger partial charge in [0.25, 0.3) is 5.56 Å². The Kier molecular flexibility index (Phi) is 4.96. The van der Waals surface area contributed by atoms with Crippen LogP contribution in [0.25, 0.3) is 5.52 Å². The maximum absolute atomic E-state index is 14.0. The van der Waals surface area contributed by atoms with Gasteiger partial charge in [-0.25, -0.2) is 9.18 Å². The quantitative estimate of drug-likeness (QED) is 0.752. The van der Waals surface area contributed by atoms with Crippen LogP contribution < -0.4 is 5.56 Å². The lowest BCUT2D eigenvalue weighted by atomic mass is 9.89. The molecule has 1 aromatic carbocycles. The van der Waals surface area contributed by atoms with Gasteiger partial charge in [0, 0.05) is 12.7 Å². The third kappa shape index (κ3) is 3.43. The molecule has 6 heteroatoms. The highest BCUT2D eigenvalue weighted by Crippen LogP contribution is 2.30. The van der Waals surface area contributed by atoms with Crippen LogP contribution >= 0.6 is 0 Å². The van der Waals surface area contributed by atoms with Gasteiger partial charge in [0.1, 0.15) is 11.4 Å². The number of fused-ring (bicyclic) bond motifs is 1. The molecule has 1 aliphatic rings. The molecule has 144 valence electrons. The Balaban J connectivity index is 1.57. The van der Waals surface area contributed by atoms with Gasteiger partial charge in [-0.3, -0.25) is 14.1 Å². The molecule has 1 saturated heterocycles. The maximum atomic E-state index is 14.0. The number of hydrogen-bond donors (Lipinski definition) is 1. The van der Waals surface area contributed by atoms with E-state index < -0.39 is 11.5 Å². The van der Waals surface area contributed by atoms with Crippen molar-refractivity contribution in [3.05, 3.63) is 87.6 Å². The molecule has 2 aromatic heterocycles. The van der Waals surface area contributed by atoms with Crippen LogP contribution in [0.2, 0.25) is 0 Å². The molecule has 4 rings (SSSR count). The van der Waals surface area contributed by atoms with Gasteiger partial charge in [0.2, 0.25) is 0 Å². The SMILES string of the molecule is O=C(O)c1cc(CN2CCC(c3ccccc3F)CC2)c2ccccn2c1=O. The van der Waals surface area contributed by atoms with Crippen molar-refractivity contribution < 1.29 is 14.3 Å². The summed E-state index contributed by atoms with van der Waals surface area (Å²) < 4.78 is 15.4. The van der Waals surface area contributed by atoms with E-state index in [-0.39, 0.29) is 17.3 Å². The molecule has 0 amide bonds. The molecule has 0 bridgehead atoms. The average molecular weight is 380 g/mol. The third-order valence-electron chi connectivity index (χ3n) is 5.51. The lowest BCUT2D eigenvalue weighted by Gasteiger charge is -2.32. The predicted molar refractivity (Wildman–Crippen MR) is 104 cm³/mol. The molecular weight excluding hydrogens is 359 g/mol. The molecular formula is C22H21FN2O3. The summed E-state index contributed by atoms with van der Waals surface area (Å²) in [4.78, 5) is 26.1. The summed E-state index contributed by atoms with van der Waals surface area (Å²) in [5.41, 5.74) is 1.55. The van der Waals surface area contributed by atoms with Crippen molar-refractivity contribution in [3.63, 3.8) is 0 Å². The van der Waals surface area contributed by atoms with E-state index in [9.17, 15) is 19.1 Å². The Morgan fingerprint density at radius 2 is 1.82 bits per heavy atom. The first-order valence-corrected chi connectivity index (χ1v) is 9.38. The Bertz CT molecular complexity index is 1080. The highest BCUT2D eigenvalue weighted by atomic mass is 19.1. The number of piperidine rings is 1. The number of hydrogen-bond acceptors (Lipinski definition) is 3. The third-order valence-corrected chi connectivity index (χ3v) is 5.51. The minimum atomic E-state index is -1.22. The molecule has 5 nitrogen and oxygen atoms in total. The number of nitrogens with zero attached hydrogens (tertiary/aromatic N) is 2. The summed E-state index contributed by atoms with van der Waals surface area (Å²) in [6.45, 7) is 2.14. The van der Waals surface area contributed by atoms with Crippen molar-refractivity contribution in [2.24, 2.45) is 0 Å². The fourth-order valence-electron chi connectivity index (χ4n) is 4.05. The van der Waals surface area contributed by atoms with Crippen molar-refractivity contribution in [2.45, 2.75) is 25.3 Å². The summed E-state index contributed by atoms with van der Waals surface area (Å²) in [6, 6.07) is 13.8. The van der Waals surface area contributed by atoms with Gasteiger partial charge in [0.05, 0.1) is 5.52 Å². The van der Waals surface area contributed by atoms with Gasteiger partial charge in [-0.2, -0.15) is 0 Å². The van der Waals surface area contributed by atoms with E-state index in [2.05, 4.69) is 4.90 Å². The highest BCUT2D eigenvalue weighted by molar-refractivity contribution is 5.88. The van der Waals surface area contributed by atoms with E-state index in [4.69, 9.17) is 0 Å². The summed E-state index contributed by atoms with van der Waals surface area (Å²) in [5, 5.41) is 9.38. The van der Waals surface area contributed by atoms with E-state index >= 15 is 0 Å². The fraction of sp³-hybridized carbons (Fsp3) is 0.273. The summed E-state index contributed by atoms with van der Waals surface area (Å²) in [6.07, 6.45) is 3.28. The Hall–Kier alpha value is -2.99. The second-order valence-electron chi connectivity index (χ2n) is 7.22. The first kappa shape index (κ1) is 18.4. The standard InChI is InChI=1S/C22H21FN2O3/c23-19-6-2-1-5-17(19)15-8-11-24(12-9-15)14-16-13-18(22(27)28)21(26)25-10-4-3-7-20(16)25/h1-7,10,13,15H,8-9,11-12,14H2,(H,27,28). The summed E-state index contributed by atoms with van der Waals surface area (Å²) >= 11 is 0. The maximum Gasteiger partial charge on any atom is 0.341 e. The zero-order chi connectivity index (χ0) is 19.7. The Labute approximate surface area is 161 Å². The number of benzene rings is 1. The number of carboxylic acid groups (broad SMARTS) is 1. The van der Waals surface area contributed by atoms with Crippen LogP contribution in [-0.4, -0.2) is 33.5 Å². The number of halogens is 1. The van der Waals surface area contributed by atoms with Crippen LogP contribution in [0, 0.1) is 5.82 Å². The zero-order valence-electron chi connectivity index (χ0n) is 15.3. The van der Waals surface area contributed by atoms with Crippen molar-refractivity contribution in [3.8, 4) is 0 Å². The molecule has 3 aromatic rings. The molecule has 0 aliphatic carbocycles. The smallest absolute Gasteiger partial charge is 0.341 e. The van der Waals surface area contributed by atoms with Crippen LogP contribution in [0.5, 0.6) is 0 Å². The van der Waals surface area contributed by atoms with E-state index in [1.165, 1.54) is 16.5 Å². The predicted octanol–water partition coefficient (Wildman–Crippen LogP) is 3.52. The van der Waals surface area contributed by atoms with Gasteiger partial charge in [0.15, 0.2) is 0 Å². The van der Waals surface area contributed by atoms with Crippen molar-refractivity contribution >= 4 is 11.5 Å². The Morgan fingerprint density at radius 3 is 2.54 bits per heavy atom. The fourth-order valence-corrected chi connectivity index (χ4v) is 4.05. The van der Waals surface area contributed by atoms with E-state index in [1.54, 1.807) is 18.3 Å². The lowest BCUT2D eigenvalue weighted by molar-refractivity contribution is 0.0694. The molecule has 1 fully saturated rings. The first-order chi connectivity index (χ1) is 13.5. The molecule has 3 heterocycles. The minimum Gasteiger partial charge on any atom is -0.477 e. The van der Waals surface area contributed by atoms with Crippen molar-refractivity contribution in [1.29, 1.82) is 0 Å². The Morgan fingerprint density at radius 1 is 1.11 bits per heavy atom. The average Bonchev–Trinajstić information content (AvgIpc) is 2.71. The molecule has 0 atom stereocenters. The largest absolute Gasteiger partial charge is 0.477 e. The molecule has 0 unspecified atom stereocenters. The van der Waals surface area contributed by atoms with E-state index in [1.807, 2.05) is 24.3 Å².